The molecule has 1 aliphatic heterocycles. The second kappa shape index (κ2) is 7.15. The van der Waals surface area contributed by atoms with Crippen LogP contribution < -0.4 is 10.1 Å². The number of likely N-dealkylation sites (N-methyl/N-ethyl adjacent to an activating group) is 1. The largest absolute Gasteiger partial charge is 0.489 e. The van der Waals surface area contributed by atoms with E-state index in [2.05, 4.69) is 12.2 Å². The summed E-state index contributed by atoms with van der Waals surface area (Å²) in [5, 5.41) is 2.64. The maximum absolute atomic E-state index is 12.9. The third-order valence-corrected chi connectivity index (χ3v) is 4.63. The van der Waals surface area contributed by atoms with E-state index in [1.54, 1.807) is 13.1 Å². The number of para-hydroxylation sites is 1. The first-order chi connectivity index (χ1) is 12.4. The number of ether oxygens (including phenoxy) is 1. The van der Waals surface area contributed by atoms with Crippen molar-refractivity contribution in [3.8, 4) is 5.75 Å². The van der Waals surface area contributed by atoms with Gasteiger partial charge in [0.25, 0.3) is 5.91 Å². The zero-order valence-corrected chi connectivity index (χ0v) is 15.0. The molecule has 1 aliphatic rings. The predicted octanol–water partition coefficient (Wildman–Crippen LogP) is 3.42. The summed E-state index contributed by atoms with van der Waals surface area (Å²) in [7, 11) is 1.56. The van der Waals surface area contributed by atoms with Gasteiger partial charge in [-0.3, -0.25) is 9.59 Å². The lowest BCUT2D eigenvalue weighted by molar-refractivity contribution is -0.116. The average molecular weight is 356 g/mol. The van der Waals surface area contributed by atoms with E-state index in [-0.39, 0.29) is 36.2 Å². The van der Waals surface area contributed by atoms with Crippen molar-refractivity contribution in [2.24, 2.45) is 0 Å². The molecular formula is C20H21FN2O3. The Balaban J connectivity index is 1.69. The lowest BCUT2D eigenvalue weighted by atomic mass is 9.96. The van der Waals surface area contributed by atoms with Gasteiger partial charge >= 0.3 is 0 Å². The number of hydrogen-bond acceptors (Lipinski definition) is 3. The van der Waals surface area contributed by atoms with Crippen LogP contribution in [0.3, 0.4) is 0 Å². The van der Waals surface area contributed by atoms with Gasteiger partial charge < -0.3 is 15.0 Å². The fraction of sp³-hybridized carbons (Fsp3) is 0.300. The second-order valence-corrected chi connectivity index (χ2v) is 6.55. The van der Waals surface area contributed by atoms with E-state index in [1.807, 2.05) is 19.1 Å². The lowest BCUT2D eigenvalue weighted by Crippen LogP contribution is -2.35. The van der Waals surface area contributed by atoms with Gasteiger partial charge in [0.15, 0.2) is 0 Å². The molecule has 26 heavy (non-hydrogen) atoms. The van der Waals surface area contributed by atoms with Crippen LogP contribution in [0.2, 0.25) is 0 Å². The summed E-state index contributed by atoms with van der Waals surface area (Å²) in [6.07, 6.45) is 0.00558. The number of nitrogens with one attached hydrogen (secondary N) is 1. The van der Waals surface area contributed by atoms with Crippen LogP contribution in [0.15, 0.2) is 42.5 Å². The number of benzene rings is 2. The first kappa shape index (κ1) is 17.9. The molecule has 0 bridgehead atoms. The van der Waals surface area contributed by atoms with Gasteiger partial charge in [-0.2, -0.15) is 0 Å². The van der Waals surface area contributed by atoms with Crippen molar-refractivity contribution < 1.29 is 18.7 Å². The molecule has 0 spiro atoms. The average Bonchev–Trinajstić information content (AvgIpc) is 2.91. The number of amides is 2. The number of carbonyl (C=O) groups is 2. The summed E-state index contributed by atoms with van der Waals surface area (Å²) < 4.78 is 18.8. The molecule has 3 rings (SSSR count). The molecule has 1 heterocycles. The maximum atomic E-state index is 12.9. The van der Waals surface area contributed by atoms with Crippen molar-refractivity contribution >= 4 is 17.5 Å². The fourth-order valence-corrected chi connectivity index (χ4v) is 2.98. The third kappa shape index (κ3) is 3.54. The van der Waals surface area contributed by atoms with Crippen LogP contribution in [0.1, 0.15) is 35.7 Å². The molecule has 136 valence electrons. The minimum atomic E-state index is -0.378. The highest BCUT2D eigenvalue weighted by atomic mass is 19.1. The van der Waals surface area contributed by atoms with Gasteiger partial charge in [-0.15, -0.1) is 0 Å². The molecule has 0 fully saturated rings. The van der Waals surface area contributed by atoms with Crippen molar-refractivity contribution in [3.63, 3.8) is 0 Å². The highest BCUT2D eigenvalue weighted by Crippen LogP contribution is 2.40. The van der Waals surface area contributed by atoms with Crippen LogP contribution in [0.25, 0.3) is 0 Å². The summed E-state index contributed by atoms with van der Waals surface area (Å²) in [6, 6.07) is 11.0. The van der Waals surface area contributed by atoms with Crippen LogP contribution in [-0.2, 0) is 4.79 Å². The minimum Gasteiger partial charge on any atom is -0.489 e. The van der Waals surface area contributed by atoms with Crippen molar-refractivity contribution in [1.29, 1.82) is 0 Å². The molecule has 5 nitrogen and oxygen atoms in total. The smallest absolute Gasteiger partial charge is 0.257 e. The Morgan fingerprint density at radius 1 is 1.15 bits per heavy atom. The molecule has 0 aromatic heterocycles. The number of halogens is 1. The Hall–Kier alpha value is -2.89. The highest BCUT2D eigenvalue weighted by molar-refractivity contribution is 6.01. The van der Waals surface area contributed by atoms with E-state index >= 15 is 0 Å². The fourth-order valence-electron chi connectivity index (χ4n) is 2.98. The van der Waals surface area contributed by atoms with Gasteiger partial charge in [0.1, 0.15) is 17.7 Å². The Labute approximate surface area is 151 Å². The monoisotopic (exact) mass is 356 g/mol. The third-order valence-electron chi connectivity index (χ3n) is 4.63. The standard InChI is InChI=1S/C20H21FN2O3/c1-12-13(2)26-19-16(12)5-4-6-17(19)20(25)23(3)11-18(24)22-15-9-7-14(21)8-10-15/h4-10,12-13H,11H2,1-3H3,(H,22,24). The Kier molecular flexibility index (Phi) is 4.93. The summed E-state index contributed by atoms with van der Waals surface area (Å²) in [4.78, 5) is 26.3. The SMILES string of the molecule is CC1Oc2c(C(=O)N(C)CC(=O)Nc3ccc(F)cc3)cccc2C1C. The molecule has 6 heteroatoms. The topological polar surface area (TPSA) is 58.6 Å². The second-order valence-electron chi connectivity index (χ2n) is 6.55. The van der Waals surface area contributed by atoms with Crippen molar-refractivity contribution in [3.05, 3.63) is 59.4 Å². The van der Waals surface area contributed by atoms with Gasteiger partial charge in [0.05, 0.1) is 12.1 Å². The van der Waals surface area contributed by atoms with Gasteiger partial charge in [0.2, 0.25) is 5.91 Å². The first-order valence-electron chi connectivity index (χ1n) is 8.47. The summed E-state index contributed by atoms with van der Waals surface area (Å²) in [5.74, 6) is -0.204. The Morgan fingerprint density at radius 2 is 1.85 bits per heavy atom. The molecule has 2 unspecified atom stereocenters. The van der Waals surface area contributed by atoms with Crippen LogP contribution in [0.4, 0.5) is 10.1 Å². The van der Waals surface area contributed by atoms with Crippen molar-refractivity contribution in [2.75, 3.05) is 18.9 Å². The molecular weight excluding hydrogens is 335 g/mol. The number of anilines is 1. The number of fused-ring (bicyclic) bond motifs is 1. The molecule has 0 aliphatic carbocycles. The molecule has 2 amide bonds. The minimum absolute atomic E-state index is 0.00558. The quantitative estimate of drug-likeness (QED) is 0.913. The van der Waals surface area contributed by atoms with Crippen molar-refractivity contribution in [2.45, 2.75) is 25.9 Å². The van der Waals surface area contributed by atoms with Gasteiger partial charge in [-0.1, -0.05) is 19.1 Å². The highest BCUT2D eigenvalue weighted by Gasteiger charge is 2.32. The lowest BCUT2D eigenvalue weighted by Gasteiger charge is -2.18. The van der Waals surface area contributed by atoms with E-state index < -0.39 is 0 Å². The Morgan fingerprint density at radius 3 is 2.54 bits per heavy atom. The molecule has 2 aromatic carbocycles. The van der Waals surface area contributed by atoms with E-state index in [0.29, 0.717) is 17.0 Å². The summed E-state index contributed by atoms with van der Waals surface area (Å²) in [5.41, 5.74) is 1.94. The number of carbonyl (C=O) groups excluding carboxylic acids is 2. The van der Waals surface area contributed by atoms with E-state index in [0.717, 1.165) is 5.56 Å². The molecule has 2 aromatic rings. The van der Waals surface area contributed by atoms with Gasteiger partial charge in [-0.05, 0) is 37.3 Å². The normalized spacial score (nSPS) is 18.0. The Bertz CT molecular complexity index is 835. The van der Waals surface area contributed by atoms with Gasteiger partial charge in [0, 0.05) is 24.2 Å². The number of hydrogen-bond donors (Lipinski definition) is 1. The first-order valence-corrected chi connectivity index (χ1v) is 8.47. The maximum Gasteiger partial charge on any atom is 0.257 e. The van der Waals surface area contributed by atoms with Crippen LogP contribution in [0, 0.1) is 5.82 Å². The number of rotatable bonds is 4. The molecule has 2 atom stereocenters. The van der Waals surface area contributed by atoms with Crippen molar-refractivity contribution in [1.82, 2.24) is 4.90 Å². The van der Waals surface area contributed by atoms with Crippen LogP contribution in [0.5, 0.6) is 5.75 Å². The molecule has 0 saturated carbocycles. The van der Waals surface area contributed by atoms with E-state index in [1.165, 1.54) is 29.2 Å². The number of nitrogens with zero attached hydrogens (tertiary/aromatic N) is 1. The predicted molar refractivity (Wildman–Crippen MR) is 96.9 cm³/mol. The summed E-state index contributed by atoms with van der Waals surface area (Å²) in [6.45, 7) is 3.91. The van der Waals surface area contributed by atoms with E-state index in [9.17, 15) is 14.0 Å². The van der Waals surface area contributed by atoms with Crippen LogP contribution >= 0.6 is 0 Å². The zero-order chi connectivity index (χ0) is 18.8. The summed E-state index contributed by atoms with van der Waals surface area (Å²) >= 11 is 0. The molecule has 0 saturated heterocycles. The molecule has 0 radical (unpaired) electrons. The van der Waals surface area contributed by atoms with Crippen LogP contribution in [-0.4, -0.2) is 36.4 Å². The van der Waals surface area contributed by atoms with Gasteiger partial charge in [-0.25, -0.2) is 4.39 Å². The zero-order valence-electron chi connectivity index (χ0n) is 15.0. The molecule has 1 N–H and O–H groups in total. The van der Waals surface area contributed by atoms with E-state index in [4.69, 9.17) is 4.74 Å².